The second kappa shape index (κ2) is 8.53. The second-order valence-electron chi connectivity index (χ2n) is 4.83. The van der Waals surface area contributed by atoms with Crippen LogP contribution in [0.5, 0.6) is 5.75 Å². The van der Waals surface area contributed by atoms with Crippen LogP contribution < -0.4 is 15.4 Å². The third-order valence-electron chi connectivity index (χ3n) is 2.63. The minimum absolute atomic E-state index is 0.0655. The van der Waals surface area contributed by atoms with Crippen LogP contribution in [0.1, 0.15) is 27.2 Å². The smallest absolute Gasteiger partial charge is 0.221 e. The maximum absolute atomic E-state index is 10.9. The van der Waals surface area contributed by atoms with E-state index >= 15 is 0 Å². The van der Waals surface area contributed by atoms with E-state index in [1.165, 1.54) is 6.92 Å². The van der Waals surface area contributed by atoms with Gasteiger partial charge < -0.3 is 15.4 Å². The second-order valence-corrected chi connectivity index (χ2v) is 4.83. The van der Waals surface area contributed by atoms with E-state index in [0.29, 0.717) is 12.5 Å². The molecule has 0 heterocycles. The average molecular weight is 264 g/mol. The molecule has 0 saturated heterocycles. The van der Waals surface area contributed by atoms with Gasteiger partial charge in [0.2, 0.25) is 5.91 Å². The van der Waals surface area contributed by atoms with Crippen LogP contribution in [0.3, 0.4) is 0 Å². The Hall–Kier alpha value is -1.55. The molecule has 106 valence electrons. The molecule has 0 aliphatic heterocycles. The van der Waals surface area contributed by atoms with E-state index in [9.17, 15) is 4.79 Å². The first-order chi connectivity index (χ1) is 9.11. The van der Waals surface area contributed by atoms with Crippen LogP contribution in [0.4, 0.5) is 5.69 Å². The van der Waals surface area contributed by atoms with Crippen molar-refractivity contribution in [3.63, 3.8) is 0 Å². The standard InChI is InChI=1S/C15H24N2O2/c1-4-9-16-10-12(2)11-19-15-7-5-14(6-8-15)17-13(3)18/h5-8,12,16H,4,9-11H2,1-3H3,(H,17,18). The Morgan fingerprint density at radius 2 is 2.00 bits per heavy atom. The van der Waals surface area contributed by atoms with Gasteiger partial charge in [-0.05, 0) is 37.2 Å². The molecule has 19 heavy (non-hydrogen) atoms. The molecule has 1 aromatic rings. The summed E-state index contributed by atoms with van der Waals surface area (Å²) >= 11 is 0. The topological polar surface area (TPSA) is 50.4 Å². The van der Waals surface area contributed by atoms with Crippen LogP contribution in [0.2, 0.25) is 0 Å². The number of carbonyl (C=O) groups excluding carboxylic acids is 1. The molecule has 1 amide bonds. The monoisotopic (exact) mass is 264 g/mol. The highest BCUT2D eigenvalue weighted by atomic mass is 16.5. The van der Waals surface area contributed by atoms with Crippen LogP contribution in [0, 0.1) is 5.92 Å². The van der Waals surface area contributed by atoms with E-state index in [4.69, 9.17) is 4.74 Å². The Morgan fingerprint density at radius 1 is 1.32 bits per heavy atom. The summed E-state index contributed by atoms with van der Waals surface area (Å²) in [6, 6.07) is 7.43. The van der Waals surface area contributed by atoms with E-state index in [1.54, 1.807) is 0 Å². The van der Waals surface area contributed by atoms with Gasteiger partial charge in [0.05, 0.1) is 6.61 Å². The van der Waals surface area contributed by atoms with Gasteiger partial charge in [0.15, 0.2) is 0 Å². The maximum Gasteiger partial charge on any atom is 0.221 e. The summed E-state index contributed by atoms with van der Waals surface area (Å²) in [5, 5.41) is 6.10. The zero-order valence-corrected chi connectivity index (χ0v) is 12.0. The van der Waals surface area contributed by atoms with Crippen molar-refractivity contribution in [2.45, 2.75) is 27.2 Å². The van der Waals surface area contributed by atoms with Gasteiger partial charge in [0.1, 0.15) is 5.75 Å². The van der Waals surface area contributed by atoms with Crippen molar-refractivity contribution in [3.8, 4) is 5.75 Å². The van der Waals surface area contributed by atoms with Gasteiger partial charge in [-0.1, -0.05) is 13.8 Å². The number of rotatable bonds is 8. The summed E-state index contributed by atoms with van der Waals surface area (Å²) in [5.74, 6) is 1.24. The molecule has 4 heteroatoms. The third-order valence-corrected chi connectivity index (χ3v) is 2.63. The predicted molar refractivity (Wildman–Crippen MR) is 78.6 cm³/mol. The fourth-order valence-corrected chi connectivity index (χ4v) is 1.66. The molecule has 0 aliphatic rings. The Balaban J connectivity index is 2.31. The predicted octanol–water partition coefficient (Wildman–Crippen LogP) is 2.66. The molecule has 0 saturated carbocycles. The minimum Gasteiger partial charge on any atom is -0.493 e. The fourth-order valence-electron chi connectivity index (χ4n) is 1.66. The molecule has 0 bridgehead atoms. The van der Waals surface area contributed by atoms with Crippen LogP contribution in [0.25, 0.3) is 0 Å². The molecule has 0 aromatic heterocycles. The number of nitrogens with one attached hydrogen (secondary N) is 2. The maximum atomic E-state index is 10.9. The van der Waals surface area contributed by atoms with Gasteiger partial charge in [-0.2, -0.15) is 0 Å². The van der Waals surface area contributed by atoms with Crippen molar-refractivity contribution in [3.05, 3.63) is 24.3 Å². The van der Waals surface area contributed by atoms with Crippen molar-refractivity contribution in [1.82, 2.24) is 5.32 Å². The number of hydrogen-bond donors (Lipinski definition) is 2. The molecule has 1 rings (SSSR count). The molecule has 4 nitrogen and oxygen atoms in total. The summed E-state index contributed by atoms with van der Waals surface area (Å²) in [7, 11) is 0. The summed E-state index contributed by atoms with van der Waals surface area (Å²) in [4.78, 5) is 10.9. The lowest BCUT2D eigenvalue weighted by Crippen LogP contribution is -2.25. The van der Waals surface area contributed by atoms with E-state index in [2.05, 4.69) is 24.5 Å². The summed E-state index contributed by atoms with van der Waals surface area (Å²) in [5.41, 5.74) is 0.789. The summed E-state index contributed by atoms with van der Waals surface area (Å²) < 4.78 is 5.71. The summed E-state index contributed by atoms with van der Waals surface area (Å²) in [6.07, 6.45) is 1.15. The van der Waals surface area contributed by atoms with Gasteiger partial charge in [-0.25, -0.2) is 0 Å². The van der Waals surface area contributed by atoms with Crippen molar-refractivity contribution in [1.29, 1.82) is 0 Å². The van der Waals surface area contributed by atoms with E-state index < -0.39 is 0 Å². The highest BCUT2D eigenvalue weighted by molar-refractivity contribution is 5.88. The quantitative estimate of drug-likeness (QED) is 0.710. The summed E-state index contributed by atoms with van der Waals surface area (Å²) in [6.45, 7) is 8.53. The number of hydrogen-bond acceptors (Lipinski definition) is 3. The van der Waals surface area contributed by atoms with E-state index in [-0.39, 0.29) is 5.91 Å². The third kappa shape index (κ3) is 6.82. The van der Waals surface area contributed by atoms with E-state index in [0.717, 1.165) is 30.9 Å². The van der Waals surface area contributed by atoms with Gasteiger partial charge in [-0.3, -0.25) is 4.79 Å². The average Bonchev–Trinajstić information content (AvgIpc) is 2.37. The number of benzene rings is 1. The van der Waals surface area contributed by atoms with Crippen LogP contribution in [-0.2, 0) is 4.79 Å². The van der Waals surface area contributed by atoms with Crippen LogP contribution in [0.15, 0.2) is 24.3 Å². The fraction of sp³-hybridized carbons (Fsp3) is 0.533. The number of anilines is 1. The first-order valence-corrected chi connectivity index (χ1v) is 6.83. The zero-order chi connectivity index (χ0) is 14.1. The lowest BCUT2D eigenvalue weighted by Gasteiger charge is -2.14. The Morgan fingerprint density at radius 3 is 2.58 bits per heavy atom. The molecular formula is C15H24N2O2. The molecule has 0 radical (unpaired) electrons. The molecule has 1 unspecified atom stereocenters. The van der Waals surface area contributed by atoms with Crippen molar-refractivity contribution < 1.29 is 9.53 Å². The number of ether oxygens (including phenoxy) is 1. The number of carbonyl (C=O) groups is 1. The van der Waals surface area contributed by atoms with Gasteiger partial charge >= 0.3 is 0 Å². The van der Waals surface area contributed by atoms with E-state index in [1.807, 2.05) is 24.3 Å². The molecule has 0 aliphatic carbocycles. The van der Waals surface area contributed by atoms with Gasteiger partial charge in [-0.15, -0.1) is 0 Å². The first-order valence-electron chi connectivity index (χ1n) is 6.83. The molecular weight excluding hydrogens is 240 g/mol. The van der Waals surface area contributed by atoms with Gasteiger partial charge in [0.25, 0.3) is 0 Å². The Labute approximate surface area is 115 Å². The normalized spacial score (nSPS) is 11.9. The van der Waals surface area contributed by atoms with Gasteiger partial charge in [0, 0.05) is 25.1 Å². The largest absolute Gasteiger partial charge is 0.493 e. The van der Waals surface area contributed by atoms with Crippen molar-refractivity contribution >= 4 is 11.6 Å². The molecule has 0 spiro atoms. The lowest BCUT2D eigenvalue weighted by molar-refractivity contribution is -0.114. The Kier molecular flexibility index (Phi) is 6.97. The molecule has 2 N–H and O–H groups in total. The SMILES string of the molecule is CCCNCC(C)COc1ccc(NC(C)=O)cc1. The highest BCUT2D eigenvalue weighted by Gasteiger charge is 2.03. The lowest BCUT2D eigenvalue weighted by atomic mass is 10.2. The van der Waals surface area contributed by atoms with Crippen molar-refractivity contribution in [2.75, 3.05) is 25.0 Å². The minimum atomic E-state index is -0.0655. The molecule has 0 fully saturated rings. The van der Waals surface area contributed by atoms with Crippen molar-refractivity contribution in [2.24, 2.45) is 5.92 Å². The highest BCUT2D eigenvalue weighted by Crippen LogP contribution is 2.16. The first kappa shape index (κ1) is 15.5. The number of amides is 1. The zero-order valence-electron chi connectivity index (χ0n) is 12.0. The van der Waals surface area contributed by atoms with Crippen LogP contribution in [-0.4, -0.2) is 25.6 Å². The molecule has 1 atom stereocenters. The molecule has 1 aromatic carbocycles. The van der Waals surface area contributed by atoms with Crippen LogP contribution >= 0.6 is 0 Å². The Bertz CT molecular complexity index is 376.